The van der Waals surface area contributed by atoms with E-state index in [1.54, 1.807) is 0 Å². The summed E-state index contributed by atoms with van der Waals surface area (Å²) in [4.78, 5) is 40.1. The quantitative estimate of drug-likeness (QED) is 0.0212. The molecule has 1 N–H and O–H groups in total. The Hall–Kier alpha value is -3.59. The molecule has 0 aliphatic carbocycles. The Kier molecular flexibility index (Phi) is 59.8. The minimum absolute atomic E-state index is 0.0343. The number of hydrogen-bond donors (Lipinski definition) is 1. The molecule has 0 saturated carbocycles. The zero-order chi connectivity index (χ0) is 61.4. The van der Waals surface area contributed by atoms with Crippen LogP contribution >= 0.6 is 7.82 Å². The van der Waals surface area contributed by atoms with E-state index in [2.05, 4.69) is 135 Å². The summed E-state index contributed by atoms with van der Waals surface area (Å²) in [6, 6.07) is -0.913. The van der Waals surface area contributed by atoms with Crippen molar-refractivity contribution in [3.8, 4) is 0 Å². The summed E-state index contributed by atoms with van der Waals surface area (Å²) in [5, 5.41) is 3.03. The Balaban J connectivity index is 5.15. The van der Waals surface area contributed by atoms with Gasteiger partial charge in [0.05, 0.1) is 33.8 Å². The number of phosphoric ester groups is 1. The highest BCUT2D eigenvalue weighted by atomic mass is 31.2. The van der Waals surface area contributed by atoms with Crippen molar-refractivity contribution < 1.29 is 37.3 Å². The lowest BCUT2D eigenvalue weighted by Gasteiger charge is -2.30. The van der Waals surface area contributed by atoms with Crippen LogP contribution in [-0.4, -0.2) is 69.4 Å². The van der Waals surface area contributed by atoms with E-state index in [1.807, 2.05) is 33.3 Å². The normalized spacial score (nSPS) is 14.3. The molecule has 0 aromatic rings. The second kappa shape index (κ2) is 62.5. The fourth-order valence-corrected chi connectivity index (χ4v) is 10.1. The Morgan fingerprint density at radius 3 is 1.18 bits per heavy atom. The summed E-state index contributed by atoms with van der Waals surface area (Å²) >= 11 is 0. The predicted octanol–water partition coefficient (Wildman–Crippen LogP) is 21.2. The molecule has 3 atom stereocenters. The van der Waals surface area contributed by atoms with Crippen molar-refractivity contribution in [1.29, 1.82) is 0 Å². The largest absolute Gasteiger partial charge is 0.756 e. The monoisotopic (exact) mass is 1190 g/mol. The van der Waals surface area contributed by atoms with E-state index in [0.29, 0.717) is 23.9 Å². The number of amides is 1. The first-order valence-corrected chi connectivity index (χ1v) is 35.8. The van der Waals surface area contributed by atoms with Crippen LogP contribution in [0, 0.1) is 0 Å². The number of unbranched alkanes of at least 4 members (excludes halogenated alkanes) is 27. The molecular formula is C74H129N2O7P. The molecule has 0 bridgehead atoms. The Bertz CT molecular complexity index is 1850. The minimum atomic E-state index is -4.72. The average Bonchev–Trinajstić information content (AvgIpc) is 3.65. The summed E-state index contributed by atoms with van der Waals surface area (Å²) in [5.41, 5.74) is 0. The van der Waals surface area contributed by atoms with E-state index >= 15 is 0 Å². The van der Waals surface area contributed by atoms with E-state index in [-0.39, 0.29) is 24.9 Å². The highest BCUT2D eigenvalue weighted by Gasteiger charge is 2.27. The standard InChI is InChI=1S/C74H129N2O7P/c1-7-10-13-16-19-22-25-28-30-32-34-35-36-37-38-39-40-41-43-44-46-48-51-54-57-60-63-66-73(77)75-71(70-82-84(79,80)81-69-68-76(4,5)6)72(65-62-59-56-53-50-27-24-21-18-15-12-9-3)83-74(78)67-64-61-58-55-52-49-47-45-42-33-31-29-26-23-20-17-14-11-8-2/h11,14,19-20,22-23,28-31,34-35,37-38,42,45,49,52,62,65,71-72H,7-10,12-13,15-18,21,24-27,32-33,36,39-41,43-44,46-48,50-51,53-61,63-64,66-70H2,1-6H3,(H-,75,77,79,80)/b14-11-,22-19-,23-20-,30-28-,31-29-,35-34-,38-37-,45-42-,52-49-,65-62-. The fourth-order valence-electron chi connectivity index (χ4n) is 9.36. The lowest BCUT2D eigenvalue weighted by molar-refractivity contribution is -0.870. The summed E-state index contributed by atoms with van der Waals surface area (Å²) in [5.74, 6) is -0.585. The van der Waals surface area contributed by atoms with Crippen LogP contribution in [0.15, 0.2) is 122 Å². The molecule has 0 aromatic carbocycles. The maximum atomic E-state index is 13.6. The summed E-state index contributed by atoms with van der Waals surface area (Å²) in [6.07, 6.45) is 87.4. The second-order valence-corrected chi connectivity index (χ2v) is 25.4. The van der Waals surface area contributed by atoms with Gasteiger partial charge in [-0.3, -0.25) is 14.2 Å². The first-order valence-electron chi connectivity index (χ1n) is 34.3. The topological polar surface area (TPSA) is 114 Å². The molecule has 0 fully saturated rings. The molecule has 0 aliphatic rings. The third-order valence-electron chi connectivity index (χ3n) is 14.6. The molecule has 0 heterocycles. The van der Waals surface area contributed by atoms with Gasteiger partial charge in [-0.1, -0.05) is 271 Å². The third kappa shape index (κ3) is 62.9. The van der Waals surface area contributed by atoms with E-state index in [0.717, 1.165) is 122 Å². The van der Waals surface area contributed by atoms with Crippen LogP contribution in [0.4, 0.5) is 0 Å². The molecular weight excluding hydrogens is 1060 g/mol. The Morgan fingerprint density at radius 1 is 0.429 bits per heavy atom. The number of likely N-dealkylation sites (N-methyl/N-ethyl adjacent to an activating group) is 1. The van der Waals surface area contributed by atoms with Gasteiger partial charge in [-0.2, -0.15) is 0 Å². The van der Waals surface area contributed by atoms with Gasteiger partial charge in [0.15, 0.2) is 0 Å². The van der Waals surface area contributed by atoms with Crippen molar-refractivity contribution in [2.24, 2.45) is 0 Å². The summed E-state index contributed by atoms with van der Waals surface area (Å²) in [7, 11) is 1.15. The molecule has 84 heavy (non-hydrogen) atoms. The molecule has 3 unspecified atom stereocenters. The van der Waals surface area contributed by atoms with Crippen molar-refractivity contribution >= 4 is 19.7 Å². The zero-order valence-corrected chi connectivity index (χ0v) is 56.0. The lowest BCUT2D eigenvalue weighted by atomic mass is 10.0. The number of ether oxygens (including phenoxy) is 1. The average molecular weight is 1190 g/mol. The van der Waals surface area contributed by atoms with Crippen molar-refractivity contribution in [1.82, 2.24) is 5.32 Å². The number of allylic oxidation sites excluding steroid dienone is 19. The van der Waals surface area contributed by atoms with Crippen molar-refractivity contribution in [3.63, 3.8) is 0 Å². The molecule has 482 valence electrons. The first-order chi connectivity index (χ1) is 40.9. The molecule has 0 saturated heterocycles. The van der Waals surface area contributed by atoms with Crippen LogP contribution in [0.2, 0.25) is 0 Å². The number of carbonyl (C=O) groups excluding carboxylic acids is 2. The fraction of sp³-hybridized carbons (Fsp3) is 0.703. The maximum absolute atomic E-state index is 13.6. The number of quaternary nitrogens is 1. The van der Waals surface area contributed by atoms with Gasteiger partial charge in [0, 0.05) is 12.8 Å². The van der Waals surface area contributed by atoms with Crippen LogP contribution < -0.4 is 10.2 Å². The SMILES string of the molecule is CC/C=C\C/C=C\C/C=C\C/C=C\C/C=C\CCCCCC(=O)OC(/C=C\CCCCCCCCCCCC)C(COP(=O)([O-])OCC[N+](C)(C)C)NC(=O)CCCCCCCCCCCCC/C=C\C/C=C\C/C=C\C/C=C\CCCCC. The third-order valence-corrected chi connectivity index (χ3v) is 15.6. The van der Waals surface area contributed by atoms with Gasteiger partial charge < -0.3 is 28.5 Å². The smallest absolute Gasteiger partial charge is 0.306 e. The van der Waals surface area contributed by atoms with Crippen molar-refractivity contribution in [2.45, 2.75) is 296 Å². The van der Waals surface area contributed by atoms with Crippen LogP contribution in [0.1, 0.15) is 284 Å². The number of rotatable bonds is 61. The van der Waals surface area contributed by atoms with Crippen molar-refractivity contribution in [3.05, 3.63) is 122 Å². The number of nitrogens with one attached hydrogen (secondary N) is 1. The van der Waals surface area contributed by atoms with Gasteiger partial charge in [-0.25, -0.2) is 0 Å². The van der Waals surface area contributed by atoms with Gasteiger partial charge in [-0.15, -0.1) is 0 Å². The number of esters is 1. The molecule has 0 spiro atoms. The van der Waals surface area contributed by atoms with Crippen molar-refractivity contribution in [2.75, 3.05) is 40.9 Å². The molecule has 0 aromatic heterocycles. The Morgan fingerprint density at radius 2 is 0.762 bits per heavy atom. The molecule has 10 heteroatoms. The molecule has 0 radical (unpaired) electrons. The summed E-state index contributed by atoms with van der Waals surface area (Å²) < 4.78 is 30.4. The predicted molar refractivity (Wildman–Crippen MR) is 362 cm³/mol. The van der Waals surface area contributed by atoms with E-state index < -0.39 is 26.6 Å². The molecule has 1 amide bonds. The number of hydrogen-bond acceptors (Lipinski definition) is 7. The van der Waals surface area contributed by atoms with Gasteiger partial charge in [0.25, 0.3) is 7.82 Å². The number of phosphoric acid groups is 1. The highest BCUT2D eigenvalue weighted by Crippen LogP contribution is 2.38. The van der Waals surface area contributed by atoms with E-state index in [4.69, 9.17) is 13.8 Å². The van der Waals surface area contributed by atoms with Crippen LogP contribution in [0.5, 0.6) is 0 Å². The summed E-state index contributed by atoms with van der Waals surface area (Å²) in [6.45, 7) is 6.68. The van der Waals surface area contributed by atoms with Crippen LogP contribution in [0.3, 0.4) is 0 Å². The van der Waals surface area contributed by atoms with E-state index in [9.17, 15) is 19.0 Å². The van der Waals surface area contributed by atoms with Crippen LogP contribution in [-0.2, 0) is 27.9 Å². The number of nitrogens with zero attached hydrogens (tertiary/aromatic N) is 1. The van der Waals surface area contributed by atoms with E-state index in [1.165, 1.54) is 122 Å². The molecule has 0 aliphatic heterocycles. The zero-order valence-electron chi connectivity index (χ0n) is 55.1. The van der Waals surface area contributed by atoms with Gasteiger partial charge in [-0.05, 0) is 122 Å². The molecule has 9 nitrogen and oxygen atoms in total. The maximum Gasteiger partial charge on any atom is 0.306 e. The Labute approximate surface area is 518 Å². The number of carbonyl (C=O) groups is 2. The van der Waals surface area contributed by atoms with Gasteiger partial charge in [0.2, 0.25) is 5.91 Å². The molecule has 0 rings (SSSR count). The van der Waals surface area contributed by atoms with Gasteiger partial charge >= 0.3 is 5.97 Å². The second-order valence-electron chi connectivity index (χ2n) is 23.9. The first kappa shape index (κ1) is 80.4. The lowest BCUT2D eigenvalue weighted by Crippen LogP contribution is -2.47. The van der Waals surface area contributed by atoms with Crippen LogP contribution in [0.25, 0.3) is 0 Å². The minimum Gasteiger partial charge on any atom is -0.756 e. The van der Waals surface area contributed by atoms with Gasteiger partial charge in [0.1, 0.15) is 19.3 Å². The highest BCUT2D eigenvalue weighted by molar-refractivity contribution is 7.45.